The van der Waals surface area contributed by atoms with Gasteiger partial charge in [-0.2, -0.15) is 0 Å². The van der Waals surface area contributed by atoms with E-state index in [-0.39, 0.29) is 91.4 Å². The number of hydrogen-bond acceptors (Lipinski definition) is 11. The zero-order chi connectivity index (χ0) is 48.4. The fourth-order valence-electron chi connectivity index (χ4n) is 14.9. The summed E-state index contributed by atoms with van der Waals surface area (Å²) >= 11 is 0. The van der Waals surface area contributed by atoms with E-state index in [0.29, 0.717) is 76.9 Å². The van der Waals surface area contributed by atoms with E-state index in [4.69, 9.17) is 9.47 Å². The minimum Gasteiger partial charge on any atom is -0.507 e. The summed E-state index contributed by atoms with van der Waals surface area (Å²) in [5.74, 6) is 4.13. The van der Waals surface area contributed by atoms with E-state index in [1.54, 1.807) is 6.92 Å². The van der Waals surface area contributed by atoms with Crippen LogP contribution in [0.5, 0.6) is 11.5 Å². The molecular formula is C59H69NO10. The number of nitrogens with one attached hydrogen (secondary N) is 1. The number of aromatic hydroxyl groups is 1. The number of Topliss-reactive ketones (excluding diaryl/α,β-unsaturated/α-hetero) is 1. The SMILES string of the molecule is C[C@H](O)CNc1cc(CO)cc([C@H]2C#C[C@@H]3CC(=O)Oc4c3cc(c(O)c4C3CCCCC3)C[C@H]3OC(=O)/C(=C4\CCc5ccc(cc5C[C@@H]4O)C[C@H]4C(=O)CC[C@H]5[C@@H]4C[C@H]4CCCC[C@@H]4[C@@]35O)C2)c1. The summed E-state index contributed by atoms with van der Waals surface area (Å²) in [7, 11) is 0. The Hall–Kier alpha value is -4.99. The van der Waals surface area contributed by atoms with Crippen molar-refractivity contribution in [3.8, 4) is 23.3 Å². The summed E-state index contributed by atoms with van der Waals surface area (Å²) in [6, 6.07) is 13.9. The van der Waals surface area contributed by atoms with Gasteiger partial charge >= 0.3 is 11.9 Å². The zero-order valence-corrected chi connectivity index (χ0v) is 40.5. The minimum absolute atomic E-state index is 0.00455. The molecule has 70 heavy (non-hydrogen) atoms. The molecule has 4 fully saturated rings. The van der Waals surface area contributed by atoms with Crippen molar-refractivity contribution in [2.75, 3.05) is 11.9 Å². The van der Waals surface area contributed by atoms with Gasteiger partial charge in [0.05, 0.1) is 31.2 Å². The number of anilines is 1. The van der Waals surface area contributed by atoms with E-state index >= 15 is 4.79 Å². The summed E-state index contributed by atoms with van der Waals surface area (Å²) in [4.78, 5) is 44.1. The fraction of sp³-hybridized carbons (Fsp3) is 0.576. The molecule has 3 aromatic rings. The number of ether oxygens (including phenoxy) is 2. The molecule has 370 valence electrons. The van der Waals surface area contributed by atoms with Crippen LogP contribution in [0.4, 0.5) is 5.69 Å². The molecule has 0 amide bonds. The quantitative estimate of drug-likeness (QED) is 0.0794. The Morgan fingerprint density at radius 3 is 2.43 bits per heavy atom. The van der Waals surface area contributed by atoms with Gasteiger partial charge < -0.3 is 40.3 Å². The number of phenolic OH excluding ortho intramolecular Hbond substituents is 1. The van der Waals surface area contributed by atoms with E-state index in [0.717, 1.165) is 80.9 Å². The Morgan fingerprint density at radius 1 is 0.814 bits per heavy atom. The fourth-order valence-corrected chi connectivity index (χ4v) is 14.9. The number of ketones is 1. The first kappa shape index (κ1) is 47.3. The second-order valence-corrected chi connectivity index (χ2v) is 22.5. The Morgan fingerprint density at radius 2 is 1.61 bits per heavy atom. The average molecular weight is 952 g/mol. The topological polar surface area (TPSA) is 183 Å². The number of aliphatic hydroxyl groups excluding tert-OH is 3. The van der Waals surface area contributed by atoms with Gasteiger partial charge in [-0.15, -0.1) is 0 Å². The first-order valence-corrected chi connectivity index (χ1v) is 26.6. The van der Waals surface area contributed by atoms with Crippen LogP contribution in [0.3, 0.4) is 0 Å². The van der Waals surface area contributed by atoms with Crippen molar-refractivity contribution in [2.45, 2.75) is 177 Å². The lowest BCUT2D eigenvalue weighted by Crippen LogP contribution is -2.66. The Labute approximate surface area is 411 Å². The van der Waals surface area contributed by atoms with Gasteiger partial charge in [-0.1, -0.05) is 74.6 Å². The number of benzene rings is 3. The number of fused-ring (bicyclic) bond motifs is 10. The van der Waals surface area contributed by atoms with Gasteiger partial charge in [0.25, 0.3) is 0 Å². The Balaban J connectivity index is 1.17. The van der Waals surface area contributed by atoms with Crippen molar-refractivity contribution in [3.63, 3.8) is 0 Å². The Kier molecular flexibility index (Phi) is 13.0. The maximum absolute atomic E-state index is 16.0. The molecular weight excluding hydrogens is 883 g/mol. The molecule has 11 rings (SSSR count). The van der Waals surface area contributed by atoms with Gasteiger partial charge in [0, 0.05) is 60.0 Å². The summed E-state index contributed by atoms with van der Waals surface area (Å²) in [5, 5.41) is 63.7. The summed E-state index contributed by atoms with van der Waals surface area (Å²) in [6.07, 6.45) is 8.64. The monoisotopic (exact) mass is 951 g/mol. The van der Waals surface area contributed by atoms with Gasteiger partial charge in [0.15, 0.2) is 0 Å². The molecule has 3 heterocycles. The highest BCUT2D eigenvalue weighted by molar-refractivity contribution is 5.90. The standard InChI is InChI=1S/C59H69NO10/c1-32(62)30-60-43-21-34(31-61)20-40(23-43)37-13-14-38-29-54(65)70-57-45(38)26-42(56(66)55(57)36-7-3-2-4-8-36)28-53-59(68)49-10-6-5-9-39(49)25-46-47(51(63)18-17-50(46)59)22-33-11-12-35-15-16-44(48(24-37)58(67)69-53)52(64)27-41(35)19-33/h11-12,19-21,23,26,32,36-39,46-47,49-50,52-53,60-62,64,66,68H,2-10,15-18,22,24-25,27-31H2,1H3/b48-44+/t32-,37-,38+,39+,46+,47+,49-,50-,52-,53+,59-/m0/s1. The first-order chi connectivity index (χ1) is 33.9. The van der Waals surface area contributed by atoms with Gasteiger partial charge in [-0.3, -0.25) is 9.59 Å². The van der Waals surface area contributed by atoms with Crippen molar-refractivity contribution in [2.24, 2.45) is 29.6 Å². The number of esters is 2. The predicted molar refractivity (Wildman–Crippen MR) is 263 cm³/mol. The second-order valence-electron chi connectivity index (χ2n) is 22.5. The predicted octanol–water partition coefficient (Wildman–Crippen LogP) is 8.32. The molecule has 5 aliphatic carbocycles. The van der Waals surface area contributed by atoms with Crippen LogP contribution >= 0.6 is 0 Å². The molecule has 3 aliphatic heterocycles. The molecule has 11 bridgehead atoms. The van der Waals surface area contributed by atoms with Crippen molar-refractivity contribution in [1.82, 2.24) is 0 Å². The molecule has 0 spiro atoms. The van der Waals surface area contributed by atoms with Crippen molar-refractivity contribution < 1.29 is 49.4 Å². The molecule has 8 aliphatic rings. The number of aryl methyl sites for hydroxylation is 1. The molecule has 0 aromatic heterocycles. The number of rotatable bonds is 6. The molecule has 11 heteroatoms. The van der Waals surface area contributed by atoms with E-state index in [9.17, 15) is 35.1 Å². The van der Waals surface area contributed by atoms with Crippen molar-refractivity contribution in [3.05, 3.63) is 98.1 Å². The first-order valence-electron chi connectivity index (χ1n) is 26.6. The van der Waals surface area contributed by atoms with Crippen molar-refractivity contribution in [1.29, 1.82) is 0 Å². The lowest BCUT2D eigenvalue weighted by molar-refractivity contribution is -0.228. The van der Waals surface area contributed by atoms with Crippen LogP contribution in [0.15, 0.2) is 53.6 Å². The number of carbonyl (C=O) groups excluding carboxylic acids is 3. The highest BCUT2D eigenvalue weighted by Crippen LogP contribution is 2.59. The second kappa shape index (κ2) is 19.2. The molecule has 4 saturated carbocycles. The van der Waals surface area contributed by atoms with Crippen LogP contribution < -0.4 is 10.1 Å². The van der Waals surface area contributed by atoms with Crippen LogP contribution in [-0.4, -0.2) is 73.7 Å². The molecule has 6 N–H and O–H groups in total. The average Bonchev–Trinajstić information content (AvgIpc) is 3.51. The van der Waals surface area contributed by atoms with Gasteiger partial charge in [0.2, 0.25) is 0 Å². The van der Waals surface area contributed by atoms with Crippen LogP contribution in [-0.2, 0) is 51.4 Å². The maximum Gasteiger partial charge on any atom is 0.334 e. The maximum atomic E-state index is 16.0. The van der Waals surface area contributed by atoms with Crippen molar-refractivity contribution >= 4 is 23.4 Å². The summed E-state index contributed by atoms with van der Waals surface area (Å²) in [6.45, 7) is 1.66. The minimum atomic E-state index is -1.58. The number of hydrogen-bond donors (Lipinski definition) is 6. The summed E-state index contributed by atoms with van der Waals surface area (Å²) in [5.41, 5.74) is 6.09. The van der Waals surface area contributed by atoms with E-state index in [1.807, 2.05) is 24.3 Å². The smallest absolute Gasteiger partial charge is 0.334 e. The van der Waals surface area contributed by atoms with Crippen LogP contribution in [0.25, 0.3) is 0 Å². The third kappa shape index (κ3) is 8.69. The highest BCUT2D eigenvalue weighted by Gasteiger charge is 2.62. The summed E-state index contributed by atoms with van der Waals surface area (Å²) < 4.78 is 13.3. The molecule has 0 radical (unpaired) electrons. The molecule has 0 saturated heterocycles. The molecule has 11 atom stereocenters. The van der Waals surface area contributed by atoms with E-state index in [2.05, 4.69) is 35.4 Å². The molecule has 3 aromatic carbocycles. The van der Waals surface area contributed by atoms with Gasteiger partial charge in [-0.05, 0) is 151 Å². The van der Waals surface area contributed by atoms with Gasteiger partial charge in [0.1, 0.15) is 29.0 Å². The number of carbonyl (C=O) groups is 3. The lowest BCUT2D eigenvalue weighted by Gasteiger charge is -2.59. The highest BCUT2D eigenvalue weighted by atomic mass is 16.6. The number of aliphatic hydroxyl groups is 4. The van der Waals surface area contributed by atoms with Gasteiger partial charge in [-0.25, -0.2) is 4.79 Å². The zero-order valence-electron chi connectivity index (χ0n) is 40.5. The third-order valence-corrected chi connectivity index (χ3v) is 18.2. The molecule has 11 nitrogen and oxygen atoms in total. The third-order valence-electron chi connectivity index (χ3n) is 18.2. The largest absolute Gasteiger partial charge is 0.507 e. The van der Waals surface area contributed by atoms with E-state index in [1.165, 1.54) is 0 Å². The van der Waals surface area contributed by atoms with E-state index < -0.39 is 47.7 Å². The van der Waals surface area contributed by atoms with Crippen LogP contribution in [0, 0.1) is 41.4 Å². The van der Waals surface area contributed by atoms with Crippen LogP contribution in [0.1, 0.15) is 165 Å². The van der Waals surface area contributed by atoms with Crippen LogP contribution in [0.2, 0.25) is 0 Å². The molecule has 0 unspecified atom stereocenters. The normalized spacial score (nSPS) is 33.4. The Bertz CT molecular complexity index is 2670. The number of phenols is 1. The lowest BCUT2D eigenvalue weighted by atomic mass is 9.48.